The molecule has 0 bridgehead atoms. The Balaban J connectivity index is 1.19. The zero-order chi connectivity index (χ0) is 31.6. The molecular formula is C42H24N4O2. The summed E-state index contributed by atoms with van der Waals surface area (Å²) in [5.74, 6) is 2.41. The van der Waals surface area contributed by atoms with Gasteiger partial charge < -0.3 is 8.83 Å². The fraction of sp³-hybridized carbons (Fsp3) is 0. The monoisotopic (exact) mass is 616 g/mol. The third kappa shape index (κ3) is 4.27. The molecule has 0 aliphatic heterocycles. The van der Waals surface area contributed by atoms with Crippen LogP contribution in [0.4, 0.5) is 0 Å². The summed E-state index contributed by atoms with van der Waals surface area (Å²) in [6.07, 6.45) is 0. The van der Waals surface area contributed by atoms with Crippen molar-refractivity contribution in [2.75, 3.05) is 0 Å². The molecule has 0 aliphatic rings. The van der Waals surface area contributed by atoms with Crippen molar-refractivity contribution in [3.05, 3.63) is 146 Å². The highest BCUT2D eigenvalue weighted by molar-refractivity contribution is 6.25. The van der Waals surface area contributed by atoms with Crippen LogP contribution in [0.15, 0.2) is 154 Å². The summed E-state index contributed by atoms with van der Waals surface area (Å²) >= 11 is 0. The van der Waals surface area contributed by atoms with Crippen LogP contribution in [0, 0.1) is 0 Å². The smallest absolute Gasteiger partial charge is 0.227 e. The molecule has 224 valence electrons. The summed E-state index contributed by atoms with van der Waals surface area (Å²) < 4.78 is 13.0. The molecule has 10 aromatic rings. The maximum absolute atomic E-state index is 6.57. The first kappa shape index (κ1) is 26.5. The van der Waals surface area contributed by atoms with Gasteiger partial charge in [-0.3, -0.25) is 0 Å². The van der Waals surface area contributed by atoms with Crippen LogP contribution in [0.25, 0.3) is 100 Å². The van der Waals surface area contributed by atoms with E-state index in [9.17, 15) is 0 Å². The standard InChI is InChI=1S/C42H24N4O2/c1-3-10-27(11-4-1)39-44-40(28-12-5-2-6-13-28)46-41(45-39)30-17-16-26-19-21-34-36(32(26)24-30)37-35(47-34)22-20-33-38(37)48-42(43-33)31-18-15-25-9-7-8-14-29(25)23-31/h1-24H. The number of benzene rings is 7. The molecule has 0 radical (unpaired) electrons. The molecule has 0 spiro atoms. The van der Waals surface area contributed by atoms with E-state index in [1.54, 1.807) is 0 Å². The Morgan fingerprint density at radius 1 is 0.375 bits per heavy atom. The van der Waals surface area contributed by atoms with Crippen molar-refractivity contribution >= 4 is 54.6 Å². The number of fused-ring (bicyclic) bond motifs is 8. The van der Waals surface area contributed by atoms with Gasteiger partial charge in [-0.15, -0.1) is 0 Å². The van der Waals surface area contributed by atoms with Crippen LogP contribution in [0.3, 0.4) is 0 Å². The highest BCUT2D eigenvalue weighted by Gasteiger charge is 2.20. The molecule has 48 heavy (non-hydrogen) atoms. The Bertz CT molecular complexity index is 2780. The van der Waals surface area contributed by atoms with Gasteiger partial charge in [-0.25, -0.2) is 19.9 Å². The fourth-order valence-electron chi connectivity index (χ4n) is 6.58. The second-order valence-corrected chi connectivity index (χ2v) is 11.9. The van der Waals surface area contributed by atoms with Crippen molar-refractivity contribution < 1.29 is 8.83 Å². The van der Waals surface area contributed by atoms with E-state index in [0.29, 0.717) is 28.9 Å². The maximum atomic E-state index is 6.57. The molecule has 6 nitrogen and oxygen atoms in total. The lowest BCUT2D eigenvalue weighted by Crippen LogP contribution is -2.00. The van der Waals surface area contributed by atoms with Crippen molar-refractivity contribution in [1.82, 2.24) is 19.9 Å². The van der Waals surface area contributed by atoms with Crippen LogP contribution in [0.1, 0.15) is 0 Å². The Morgan fingerprint density at radius 3 is 1.71 bits per heavy atom. The first-order valence-corrected chi connectivity index (χ1v) is 15.8. The number of oxazole rings is 1. The highest BCUT2D eigenvalue weighted by atomic mass is 16.4. The van der Waals surface area contributed by atoms with E-state index in [4.69, 9.17) is 28.8 Å². The predicted molar refractivity (Wildman–Crippen MR) is 191 cm³/mol. The average molecular weight is 617 g/mol. The molecule has 0 N–H and O–H groups in total. The van der Waals surface area contributed by atoms with Crippen molar-refractivity contribution in [3.63, 3.8) is 0 Å². The lowest BCUT2D eigenvalue weighted by atomic mass is 10.0. The fourth-order valence-corrected chi connectivity index (χ4v) is 6.58. The van der Waals surface area contributed by atoms with Gasteiger partial charge >= 0.3 is 0 Å². The molecule has 7 aromatic carbocycles. The predicted octanol–water partition coefficient (Wildman–Crippen LogP) is 10.9. The minimum atomic E-state index is 0.575. The Kier molecular flexibility index (Phi) is 5.77. The van der Waals surface area contributed by atoms with Crippen LogP contribution in [-0.4, -0.2) is 19.9 Å². The van der Waals surface area contributed by atoms with E-state index in [2.05, 4.69) is 54.6 Å². The molecule has 3 heterocycles. The van der Waals surface area contributed by atoms with Gasteiger partial charge in [0.15, 0.2) is 23.1 Å². The number of hydrogen-bond acceptors (Lipinski definition) is 6. The van der Waals surface area contributed by atoms with Gasteiger partial charge in [-0.2, -0.15) is 0 Å². The molecule has 10 rings (SSSR count). The van der Waals surface area contributed by atoms with Gasteiger partial charge in [0, 0.05) is 27.6 Å². The van der Waals surface area contributed by atoms with Crippen LogP contribution in [0.2, 0.25) is 0 Å². The molecule has 0 saturated carbocycles. The van der Waals surface area contributed by atoms with Gasteiger partial charge in [0.1, 0.15) is 16.7 Å². The molecule has 6 heteroatoms. The first-order chi connectivity index (χ1) is 23.7. The summed E-state index contributed by atoms with van der Waals surface area (Å²) in [6, 6.07) is 49.0. The summed E-state index contributed by atoms with van der Waals surface area (Å²) in [5, 5.41) is 6.27. The van der Waals surface area contributed by atoms with Gasteiger partial charge in [0.25, 0.3) is 0 Å². The normalized spacial score (nSPS) is 11.8. The van der Waals surface area contributed by atoms with Gasteiger partial charge in [0.2, 0.25) is 5.89 Å². The van der Waals surface area contributed by atoms with Crippen LogP contribution in [0.5, 0.6) is 0 Å². The largest absolute Gasteiger partial charge is 0.456 e. The van der Waals surface area contributed by atoms with E-state index < -0.39 is 0 Å². The Morgan fingerprint density at radius 2 is 0.958 bits per heavy atom. The maximum Gasteiger partial charge on any atom is 0.227 e. The lowest BCUT2D eigenvalue weighted by molar-refractivity contribution is 0.622. The van der Waals surface area contributed by atoms with E-state index in [-0.39, 0.29) is 0 Å². The molecule has 0 fully saturated rings. The van der Waals surface area contributed by atoms with Gasteiger partial charge in [0.05, 0.1) is 5.39 Å². The first-order valence-electron chi connectivity index (χ1n) is 15.8. The number of hydrogen-bond donors (Lipinski definition) is 0. The van der Waals surface area contributed by atoms with Crippen LogP contribution >= 0.6 is 0 Å². The second-order valence-electron chi connectivity index (χ2n) is 11.9. The van der Waals surface area contributed by atoms with Crippen LogP contribution in [-0.2, 0) is 0 Å². The Labute approximate surface area is 274 Å². The summed E-state index contributed by atoms with van der Waals surface area (Å²) in [5.41, 5.74) is 6.66. The number of nitrogens with zero attached hydrogens (tertiary/aromatic N) is 4. The number of rotatable bonds is 4. The Hall–Kier alpha value is -6.66. The quantitative estimate of drug-likeness (QED) is 0.196. The van der Waals surface area contributed by atoms with Gasteiger partial charge in [-0.05, 0) is 57.9 Å². The zero-order valence-electron chi connectivity index (χ0n) is 25.5. The third-order valence-corrected chi connectivity index (χ3v) is 8.93. The van der Waals surface area contributed by atoms with E-state index >= 15 is 0 Å². The minimum absolute atomic E-state index is 0.575. The summed E-state index contributed by atoms with van der Waals surface area (Å²) in [4.78, 5) is 19.7. The second kappa shape index (κ2) is 10.4. The topological polar surface area (TPSA) is 77.8 Å². The third-order valence-electron chi connectivity index (χ3n) is 8.93. The molecular weight excluding hydrogens is 592 g/mol. The highest BCUT2D eigenvalue weighted by Crippen LogP contribution is 2.41. The van der Waals surface area contributed by atoms with Crippen molar-refractivity contribution in [1.29, 1.82) is 0 Å². The number of furan rings is 1. The SMILES string of the molecule is c1ccc(-c2nc(-c3ccccc3)nc(-c3ccc4ccc5oc6ccc7nc(-c8ccc9ccccc9c8)oc7c6c5c4c3)n2)cc1. The van der Waals surface area contributed by atoms with Crippen LogP contribution < -0.4 is 0 Å². The molecule has 3 aromatic heterocycles. The van der Waals surface area contributed by atoms with E-state index in [1.807, 2.05) is 91.0 Å². The van der Waals surface area contributed by atoms with E-state index in [0.717, 1.165) is 65.9 Å². The number of aromatic nitrogens is 4. The van der Waals surface area contributed by atoms with Crippen molar-refractivity contribution in [2.45, 2.75) is 0 Å². The summed E-state index contributed by atoms with van der Waals surface area (Å²) in [7, 11) is 0. The summed E-state index contributed by atoms with van der Waals surface area (Å²) in [6.45, 7) is 0. The molecule has 0 unspecified atom stereocenters. The molecule has 0 amide bonds. The minimum Gasteiger partial charge on any atom is -0.456 e. The molecule has 0 saturated heterocycles. The van der Waals surface area contributed by atoms with Crippen molar-refractivity contribution in [3.8, 4) is 45.6 Å². The van der Waals surface area contributed by atoms with E-state index in [1.165, 1.54) is 5.39 Å². The molecule has 0 atom stereocenters. The zero-order valence-corrected chi connectivity index (χ0v) is 25.5. The lowest BCUT2D eigenvalue weighted by Gasteiger charge is -2.09. The molecule has 0 aliphatic carbocycles. The van der Waals surface area contributed by atoms with Gasteiger partial charge in [-0.1, -0.05) is 109 Å². The average Bonchev–Trinajstić information content (AvgIpc) is 3.77. The van der Waals surface area contributed by atoms with Crippen molar-refractivity contribution in [2.24, 2.45) is 0 Å².